The molecule has 10 heteroatoms. The lowest BCUT2D eigenvalue weighted by molar-refractivity contribution is -0.274. The smallest absolute Gasteiger partial charge is 0.406 e. The second-order valence-corrected chi connectivity index (χ2v) is 6.91. The molecule has 0 heterocycles. The molecule has 1 atom stereocenters. The van der Waals surface area contributed by atoms with Gasteiger partial charge < -0.3 is 25.6 Å². The second kappa shape index (κ2) is 10.3. The van der Waals surface area contributed by atoms with Crippen LogP contribution in [0, 0.1) is 5.41 Å². The molecule has 28 heavy (non-hydrogen) atoms. The van der Waals surface area contributed by atoms with Crippen molar-refractivity contribution in [2.24, 2.45) is 5.41 Å². The summed E-state index contributed by atoms with van der Waals surface area (Å²) >= 11 is 0. The third kappa shape index (κ3) is 8.57. The molecule has 0 fully saturated rings. The number of carbonyl (C=O) groups is 2. The van der Waals surface area contributed by atoms with Crippen LogP contribution in [0.5, 0.6) is 5.75 Å². The van der Waals surface area contributed by atoms with Gasteiger partial charge in [-0.2, -0.15) is 0 Å². The molecule has 0 saturated carbocycles. The highest BCUT2D eigenvalue weighted by Gasteiger charge is 2.32. The van der Waals surface area contributed by atoms with Crippen molar-refractivity contribution in [3.63, 3.8) is 0 Å². The predicted octanol–water partition coefficient (Wildman–Crippen LogP) is 1.48. The first kappa shape index (κ1) is 23.7. The highest BCUT2D eigenvalue weighted by Crippen LogP contribution is 2.22. The zero-order valence-electron chi connectivity index (χ0n) is 15.7. The zero-order chi connectivity index (χ0) is 21.4. The third-order valence-electron chi connectivity index (χ3n) is 3.92. The van der Waals surface area contributed by atoms with Crippen LogP contribution < -0.4 is 15.4 Å². The Morgan fingerprint density at radius 3 is 2.29 bits per heavy atom. The van der Waals surface area contributed by atoms with Crippen LogP contribution in [0.3, 0.4) is 0 Å². The van der Waals surface area contributed by atoms with E-state index >= 15 is 0 Å². The van der Waals surface area contributed by atoms with Crippen molar-refractivity contribution >= 4 is 11.8 Å². The molecule has 0 unspecified atom stereocenters. The standard InChI is InChI=1S/C18H25F3N2O5/c1-17(2,11-24)15(26)16(27)22-9-3-4-14(25)23-10-12-5-7-13(8-6-12)28-18(19,20)21/h5-8,15,24,26H,3-4,9-11H2,1-2H3,(H,22,27)(H,23,25)/t15-/m0/s1. The largest absolute Gasteiger partial charge is 0.573 e. The van der Waals surface area contributed by atoms with Crippen molar-refractivity contribution in [2.45, 2.75) is 45.7 Å². The average Bonchev–Trinajstić information content (AvgIpc) is 2.62. The number of benzene rings is 1. The van der Waals surface area contributed by atoms with Gasteiger partial charge in [-0.25, -0.2) is 0 Å². The SMILES string of the molecule is CC(C)(CO)[C@@H](O)C(=O)NCCCC(=O)NCc1ccc(OC(F)(F)F)cc1. The van der Waals surface area contributed by atoms with Crippen LogP contribution in [0.25, 0.3) is 0 Å². The Kier molecular flexibility index (Phi) is 8.70. The van der Waals surface area contributed by atoms with Crippen molar-refractivity contribution in [1.29, 1.82) is 0 Å². The van der Waals surface area contributed by atoms with Gasteiger partial charge in [0.15, 0.2) is 0 Å². The molecular weight excluding hydrogens is 381 g/mol. The van der Waals surface area contributed by atoms with Crippen molar-refractivity contribution < 1.29 is 37.7 Å². The molecule has 0 aliphatic carbocycles. The summed E-state index contributed by atoms with van der Waals surface area (Å²) in [6, 6.07) is 5.13. The van der Waals surface area contributed by atoms with E-state index in [-0.39, 0.29) is 37.8 Å². The fourth-order valence-electron chi connectivity index (χ4n) is 2.10. The molecule has 0 radical (unpaired) electrons. The number of aliphatic hydroxyl groups excluding tert-OH is 2. The molecule has 0 saturated heterocycles. The Morgan fingerprint density at radius 2 is 1.75 bits per heavy atom. The average molecular weight is 406 g/mol. The third-order valence-corrected chi connectivity index (χ3v) is 3.92. The second-order valence-electron chi connectivity index (χ2n) is 6.91. The molecule has 0 bridgehead atoms. The fourth-order valence-corrected chi connectivity index (χ4v) is 2.10. The minimum atomic E-state index is -4.75. The molecule has 0 aromatic heterocycles. The Bertz CT molecular complexity index is 648. The van der Waals surface area contributed by atoms with Crippen LogP contribution >= 0.6 is 0 Å². The molecule has 1 rings (SSSR count). The van der Waals surface area contributed by atoms with Gasteiger partial charge in [-0.3, -0.25) is 9.59 Å². The first-order valence-corrected chi connectivity index (χ1v) is 8.62. The van der Waals surface area contributed by atoms with Crippen LogP contribution in [0.2, 0.25) is 0 Å². The number of alkyl halides is 3. The van der Waals surface area contributed by atoms with E-state index in [1.807, 2.05) is 0 Å². The lowest BCUT2D eigenvalue weighted by Crippen LogP contribution is -2.45. The van der Waals surface area contributed by atoms with E-state index in [4.69, 9.17) is 5.11 Å². The number of aliphatic hydroxyl groups is 2. The number of nitrogens with one attached hydrogen (secondary N) is 2. The van der Waals surface area contributed by atoms with Gasteiger partial charge in [0.1, 0.15) is 11.9 Å². The summed E-state index contributed by atoms with van der Waals surface area (Å²) < 4.78 is 40.0. The first-order chi connectivity index (χ1) is 12.9. The van der Waals surface area contributed by atoms with Gasteiger partial charge in [-0.15, -0.1) is 13.2 Å². The zero-order valence-corrected chi connectivity index (χ0v) is 15.7. The molecule has 4 N–H and O–H groups in total. The van der Waals surface area contributed by atoms with E-state index < -0.39 is 23.8 Å². The Balaban J connectivity index is 2.28. The van der Waals surface area contributed by atoms with Gasteiger partial charge in [0.05, 0.1) is 6.61 Å². The van der Waals surface area contributed by atoms with Crippen LogP contribution in [-0.2, 0) is 16.1 Å². The molecule has 2 amide bonds. The predicted molar refractivity (Wildman–Crippen MR) is 94.1 cm³/mol. The first-order valence-electron chi connectivity index (χ1n) is 8.62. The molecular formula is C18H25F3N2O5. The number of hydrogen-bond donors (Lipinski definition) is 4. The van der Waals surface area contributed by atoms with Crippen molar-refractivity contribution in [2.75, 3.05) is 13.2 Å². The summed E-state index contributed by atoms with van der Waals surface area (Å²) in [7, 11) is 0. The monoisotopic (exact) mass is 406 g/mol. The maximum atomic E-state index is 12.1. The molecule has 1 aromatic carbocycles. The summed E-state index contributed by atoms with van der Waals surface area (Å²) in [6.45, 7) is 3.06. The number of carbonyl (C=O) groups excluding carboxylic acids is 2. The number of ether oxygens (including phenoxy) is 1. The number of halogens is 3. The quantitative estimate of drug-likeness (QED) is 0.440. The molecule has 1 aromatic rings. The van der Waals surface area contributed by atoms with Crippen LogP contribution in [-0.4, -0.2) is 47.6 Å². The minimum Gasteiger partial charge on any atom is -0.406 e. The van der Waals surface area contributed by atoms with Gasteiger partial charge in [0.2, 0.25) is 11.8 Å². The van der Waals surface area contributed by atoms with Gasteiger partial charge in [-0.05, 0) is 24.1 Å². The summed E-state index contributed by atoms with van der Waals surface area (Å²) in [5, 5.41) is 24.1. The minimum absolute atomic E-state index is 0.120. The normalized spacial score (nSPS) is 13.0. The maximum absolute atomic E-state index is 12.1. The van der Waals surface area contributed by atoms with Crippen LogP contribution in [0.4, 0.5) is 13.2 Å². The van der Waals surface area contributed by atoms with Gasteiger partial charge in [-0.1, -0.05) is 26.0 Å². The summed E-state index contributed by atoms with van der Waals surface area (Å²) in [4.78, 5) is 23.5. The van der Waals surface area contributed by atoms with Crippen LogP contribution in [0.15, 0.2) is 24.3 Å². The fraction of sp³-hybridized carbons (Fsp3) is 0.556. The van der Waals surface area contributed by atoms with E-state index in [1.165, 1.54) is 12.1 Å². The van der Waals surface area contributed by atoms with E-state index in [9.17, 15) is 27.9 Å². The Labute approximate surface area is 160 Å². The van der Waals surface area contributed by atoms with Gasteiger partial charge in [0.25, 0.3) is 0 Å². The topological polar surface area (TPSA) is 108 Å². The van der Waals surface area contributed by atoms with E-state index in [1.54, 1.807) is 13.8 Å². The van der Waals surface area contributed by atoms with Crippen molar-refractivity contribution in [3.8, 4) is 5.75 Å². The molecule has 0 aliphatic rings. The molecule has 0 spiro atoms. The van der Waals surface area contributed by atoms with E-state index in [2.05, 4.69) is 15.4 Å². The highest BCUT2D eigenvalue weighted by molar-refractivity contribution is 5.81. The number of amides is 2. The maximum Gasteiger partial charge on any atom is 0.573 e. The van der Waals surface area contributed by atoms with E-state index in [0.29, 0.717) is 12.0 Å². The van der Waals surface area contributed by atoms with Crippen molar-refractivity contribution in [1.82, 2.24) is 10.6 Å². The summed E-state index contributed by atoms with van der Waals surface area (Å²) in [5.41, 5.74) is -0.368. The number of hydrogen-bond acceptors (Lipinski definition) is 5. The van der Waals surface area contributed by atoms with Gasteiger partial charge >= 0.3 is 6.36 Å². The Hall–Kier alpha value is -2.33. The summed E-state index contributed by atoms with van der Waals surface area (Å²) in [6.07, 6.45) is -5.66. The van der Waals surface area contributed by atoms with Crippen LogP contribution in [0.1, 0.15) is 32.3 Å². The highest BCUT2D eigenvalue weighted by atomic mass is 19.4. The lowest BCUT2D eigenvalue weighted by Gasteiger charge is -2.27. The van der Waals surface area contributed by atoms with Crippen molar-refractivity contribution in [3.05, 3.63) is 29.8 Å². The van der Waals surface area contributed by atoms with Gasteiger partial charge in [0, 0.05) is 24.9 Å². The molecule has 7 nitrogen and oxygen atoms in total. The molecule has 158 valence electrons. The number of rotatable bonds is 10. The summed E-state index contributed by atoms with van der Waals surface area (Å²) in [5.74, 6) is -1.26. The Morgan fingerprint density at radius 1 is 1.14 bits per heavy atom. The van der Waals surface area contributed by atoms with E-state index in [0.717, 1.165) is 12.1 Å². The lowest BCUT2D eigenvalue weighted by atomic mass is 9.87. The molecule has 0 aliphatic heterocycles.